The normalized spacial score (nSPS) is 11.7. The van der Waals surface area contributed by atoms with Crippen molar-refractivity contribution >= 4 is 19.1 Å². The summed E-state index contributed by atoms with van der Waals surface area (Å²) in [5.41, 5.74) is 2.36. The van der Waals surface area contributed by atoms with Crippen molar-refractivity contribution in [2.75, 3.05) is 7.11 Å². The quantitative estimate of drug-likeness (QED) is 0.622. The molecule has 0 saturated carbocycles. The molecule has 0 fully saturated rings. The molecule has 0 aliphatic heterocycles. The topological polar surface area (TPSA) is 23.4 Å². The summed E-state index contributed by atoms with van der Waals surface area (Å²) in [6.07, 6.45) is 2.18. The lowest BCUT2D eigenvalue weighted by molar-refractivity contribution is 0.285. The van der Waals surface area contributed by atoms with Crippen LogP contribution in [-0.2, 0) is 6.61 Å². The first-order valence-electron chi connectivity index (χ1n) is 7.85. The van der Waals surface area contributed by atoms with Crippen LogP contribution in [0, 0.1) is 0 Å². The van der Waals surface area contributed by atoms with Gasteiger partial charge in [0, 0.05) is 17.0 Å². The molecule has 0 aliphatic carbocycles. The number of fused-ring (bicyclic) bond motifs is 1. The summed E-state index contributed by atoms with van der Waals surface area (Å²) < 4.78 is 14.0. The Balaban J connectivity index is 1.97. The Kier molecular flexibility index (Phi) is 4.18. The van der Waals surface area contributed by atoms with Crippen molar-refractivity contribution in [1.29, 1.82) is 0 Å². The van der Waals surface area contributed by atoms with Crippen LogP contribution < -0.4 is 9.47 Å². The van der Waals surface area contributed by atoms with Crippen molar-refractivity contribution in [2.45, 2.75) is 26.2 Å². The van der Waals surface area contributed by atoms with Gasteiger partial charge < -0.3 is 13.7 Å². The van der Waals surface area contributed by atoms with E-state index in [1.54, 1.807) is 7.11 Å². The van der Waals surface area contributed by atoms with E-state index < -0.39 is 8.24 Å². The summed E-state index contributed by atoms with van der Waals surface area (Å²) in [5.74, 6) is 1.57. The van der Waals surface area contributed by atoms with Crippen LogP contribution in [-0.4, -0.2) is 19.6 Å². The second-order valence-electron chi connectivity index (χ2n) is 6.69. The number of hydrogen-bond acceptors (Lipinski definition) is 2. The van der Waals surface area contributed by atoms with Crippen LogP contribution in [0.1, 0.15) is 5.56 Å². The number of hydrogen-bond donors (Lipinski definition) is 0. The minimum Gasteiger partial charge on any atom is -0.493 e. The highest BCUT2D eigenvalue weighted by Crippen LogP contribution is 2.34. The van der Waals surface area contributed by atoms with Crippen molar-refractivity contribution < 1.29 is 9.47 Å². The van der Waals surface area contributed by atoms with Crippen molar-refractivity contribution in [3.63, 3.8) is 0 Å². The largest absolute Gasteiger partial charge is 0.493 e. The average Bonchev–Trinajstić information content (AvgIpc) is 2.95. The van der Waals surface area contributed by atoms with Gasteiger partial charge in [0.15, 0.2) is 19.7 Å². The number of nitrogens with zero attached hydrogens (tertiary/aromatic N) is 1. The monoisotopic (exact) mass is 325 g/mol. The second kappa shape index (κ2) is 6.12. The maximum absolute atomic E-state index is 6.04. The molecular weight excluding hydrogens is 302 g/mol. The van der Waals surface area contributed by atoms with Gasteiger partial charge in [-0.05, 0) is 23.9 Å². The first-order valence-corrected chi connectivity index (χ1v) is 11.3. The average molecular weight is 325 g/mol. The Morgan fingerprint density at radius 2 is 1.70 bits per heavy atom. The van der Waals surface area contributed by atoms with Gasteiger partial charge in [0.1, 0.15) is 6.61 Å². The van der Waals surface area contributed by atoms with E-state index in [9.17, 15) is 0 Å². The lowest BCUT2D eigenvalue weighted by Gasteiger charge is -2.21. The van der Waals surface area contributed by atoms with Gasteiger partial charge in [-0.15, -0.1) is 0 Å². The molecule has 2 aromatic carbocycles. The van der Waals surface area contributed by atoms with Crippen molar-refractivity contribution in [3.8, 4) is 11.5 Å². The molecule has 0 atom stereocenters. The third kappa shape index (κ3) is 3.27. The minimum atomic E-state index is -1.46. The molecule has 4 heteroatoms. The fourth-order valence-corrected chi connectivity index (χ4v) is 4.17. The maximum Gasteiger partial charge on any atom is 0.163 e. The van der Waals surface area contributed by atoms with Crippen LogP contribution in [0.4, 0.5) is 0 Å². The van der Waals surface area contributed by atoms with Crippen LogP contribution in [0.2, 0.25) is 19.6 Å². The predicted octanol–water partition coefficient (Wildman–Crippen LogP) is 4.91. The maximum atomic E-state index is 6.04. The van der Waals surface area contributed by atoms with E-state index in [2.05, 4.69) is 60.4 Å². The van der Waals surface area contributed by atoms with Crippen LogP contribution in [0.3, 0.4) is 0 Å². The van der Waals surface area contributed by atoms with E-state index in [0.29, 0.717) is 6.61 Å². The molecule has 0 amide bonds. The minimum absolute atomic E-state index is 0.538. The Hall–Kier alpha value is -2.20. The summed E-state index contributed by atoms with van der Waals surface area (Å²) in [7, 11) is 0.224. The smallest absolute Gasteiger partial charge is 0.163 e. The molecule has 3 aromatic rings. The van der Waals surface area contributed by atoms with Crippen molar-refractivity contribution in [1.82, 2.24) is 4.23 Å². The number of ether oxygens (including phenoxy) is 2. The van der Waals surface area contributed by atoms with E-state index in [1.165, 1.54) is 10.9 Å². The highest BCUT2D eigenvalue weighted by atomic mass is 28.3. The van der Waals surface area contributed by atoms with Gasteiger partial charge in [-0.3, -0.25) is 0 Å². The Bertz CT molecular complexity index is 803. The van der Waals surface area contributed by atoms with Gasteiger partial charge in [0.05, 0.1) is 7.11 Å². The van der Waals surface area contributed by atoms with Gasteiger partial charge in [-0.25, -0.2) is 0 Å². The zero-order valence-electron chi connectivity index (χ0n) is 14.2. The predicted molar refractivity (Wildman–Crippen MR) is 98.0 cm³/mol. The number of benzene rings is 2. The number of rotatable bonds is 5. The van der Waals surface area contributed by atoms with Crippen LogP contribution in [0.25, 0.3) is 10.9 Å². The lowest BCUT2D eigenvalue weighted by Crippen LogP contribution is -2.30. The molecule has 0 spiro atoms. The highest BCUT2D eigenvalue weighted by Gasteiger charge is 2.19. The first kappa shape index (κ1) is 15.7. The summed E-state index contributed by atoms with van der Waals surface area (Å²) in [4.78, 5) is 0. The van der Waals surface area contributed by atoms with E-state index >= 15 is 0 Å². The summed E-state index contributed by atoms with van der Waals surface area (Å²) in [6.45, 7) is 7.54. The lowest BCUT2D eigenvalue weighted by atomic mass is 10.2. The third-order valence-corrected chi connectivity index (χ3v) is 5.77. The summed E-state index contributed by atoms with van der Waals surface area (Å²) in [5, 5.41) is 1.19. The van der Waals surface area contributed by atoms with Gasteiger partial charge in [-0.2, -0.15) is 0 Å². The SMILES string of the molecule is COc1cc2ccn([Si](C)(C)C)c2cc1OCc1ccccc1. The molecule has 0 bridgehead atoms. The highest BCUT2D eigenvalue weighted by molar-refractivity contribution is 6.75. The fourth-order valence-electron chi connectivity index (χ4n) is 2.73. The number of aromatic nitrogens is 1. The van der Waals surface area contributed by atoms with Crippen LogP contribution in [0.15, 0.2) is 54.7 Å². The zero-order chi connectivity index (χ0) is 16.4. The first-order chi connectivity index (χ1) is 11.0. The molecule has 1 aromatic heterocycles. The molecule has 0 unspecified atom stereocenters. The molecule has 3 nitrogen and oxygen atoms in total. The fraction of sp³-hybridized carbons (Fsp3) is 0.263. The van der Waals surface area contributed by atoms with E-state index in [1.807, 2.05) is 18.2 Å². The third-order valence-electron chi connectivity index (χ3n) is 3.94. The molecule has 0 N–H and O–H groups in total. The molecular formula is C19H23NO2Si. The van der Waals surface area contributed by atoms with Crippen molar-refractivity contribution in [3.05, 3.63) is 60.3 Å². The molecule has 23 heavy (non-hydrogen) atoms. The molecule has 0 saturated heterocycles. The molecule has 1 heterocycles. The molecule has 0 radical (unpaired) electrons. The molecule has 120 valence electrons. The van der Waals surface area contributed by atoms with Crippen molar-refractivity contribution in [2.24, 2.45) is 0 Å². The molecule has 0 aliphatic rings. The Labute approximate surface area is 138 Å². The van der Waals surface area contributed by atoms with Crippen LogP contribution in [0.5, 0.6) is 11.5 Å². The van der Waals surface area contributed by atoms with Crippen LogP contribution >= 0.6 is 0 Å². The van der Waals surface area contributed by atoms with Gasteiger partial charge in [0.25, 0.3) is 0 Å². The van der Waals surface area contributed by atoms with Gasteiger partial charge in [-0.1, -0.05) is 50.0 Å². The van der Waals surface area contributed by atoms with E-state index in [4.69, 9.17) is 9.47 Å². The van der Waals surface area contributed by atoms with E-state index in [-0.39, 0.29) is 0 Å². The zero-order valence-corrected chi connectivity index (χ0v) is 15.2. The summed E-state index contributed by atoms with van der Waals surface area (Å²) >= 11 is 0. The van der Waals surface area contributed by atoms with E-state index in [0.717, 1.165) is 17.1 Å². The van der Waals surface area contributed by atoms with Gasteiger partial charge in [0.2, 0.25) is 0 Å². The second-order valence-corrected chi connectivity index (χ2v) is 11.5. The molecule has 3 rings (SSSR count). The van der Waals surface area contributed by atoms with Gasteiger partial charge >= 0.3 is 0 Å². The number of methoxy groups -OCH3 is 1. The summed E-state index contributed by atoms with van der Waals surface area (Å²) in [6, 6.07) is 16.5. The Morgan fingerprint density at radius 1 is 0.957 bits per heavy atom. The Morgan fingerprint density at radius 3 is 2.35 bits per heavy atom. The standard InChI is InChI=1S/C19H23NO2Si/c1-21-18-12-16-10-11-20(23(2,3)4)17(16)13-19(18)22-14-15-8-6-5-7-9-15/h5-13H,14H2,1-4H3.